The maximum Gasteiger partial charge on any atom is 0.305 e. The minimum absolute atomic E-state index is 0.245. The second-order valence-corrected chi connectivity index (χ2v) is 5.56. The van der Waals surface area contributed by atoms with E-state index in [0.717, 1.165) is 12.8 Å². The molecule has 1 aromatic carbocycles. The van der Waals surface area contributed by atoms with E-state index in [9.17, 15) is 4.79 Å². The number of esters is 1. The smallest absolute Gasteiger partial charge is 0.305 e. The predicted octanol–water partition coefficient (Wildman–Crippen LogP) is 4.51. The number of carbonyl (C=O) groups is 1. The molecule has 0 aromatic heterocycles. The number of carbonyl (C=O) groups excluding carboxylic acids is 1. The van der Waals surface area contributed by atoms with Crippen molar-refractivity contribution in [1.29, 1.82) is 0 Å². The first-order valence-electron chi connectivity index (χ1n) is 7.44. The van der Waals surface area contributed by atoms with Gasteiger partial charge in [-0.15, -0.1) is 0 Å². The van der Waals surface area contributed by atoms with Crippen molar-refractivity contribution in [3.8, 4) is 5.75 Å². The number of unbranched alkanes of at least 4 members (excludes halogenated alkanes) is 1. The van der Waals surface area contributed by atoms with Gasteiger partial charge in [0.25, 0.3) is 0 Å². The average molecular weight is 349 g/mol. The molecule has 0 aliphatic rings. The lowest BCUT2D eigenvalue weighted by molar-refractivity contribution is -0.145. The zero-order valence-electron chi connectivity index (χ0n) is 12.8. The van der Waals surface area contributed by atoms with E-state index >= 15 is 0 Å². The molecular formula is C16H22Cl2O4. The maximum absolute atomic E-state index is 11.5. The van der Waals surface area contributed by atoms with Crippen molar-refractivity contribution in [2.24, 2.45) is 0 Å². The summed E-state index contributed by atoms with van der Waals surface area (Å²) in [5, 5.41) is 1.02. The first kappa shape index (κ1) is 19.1. The van der Waals surface area contributed by atoms with Gasteiger partial charge in [-0.2, -0.15) is 0 Å². The van der Waals surface area contributed by atoms with Crippen LogP contribution in [0.4, 0.5) is 0 Å². The standard InChI is InChI=1S/C16H22Cl2O4/c1-2-3-8-20-10-11-22-16(19)5-4-9-21-15-7-6-13(17)12-14(15)18/h6-7,12H,2-5,8-11H2,1H3. The van der Waals surface area contributed by atoms with E-state index in [-0.39, 0.29) is 5.97 Å². The summed E-state index contributed by atoms with van der Waals surface area (Å²) in [6, 6.07) is 5.03. The van der Waals surface area contributed by atoms with Crippen LogP contribution >= 0.6 is 23.2 Å². The number of halogens is 2. The van der Waals surface area contributed by atoms with Crippen molar-refractivity contribution in [3.05, 3.63) is 28.2 Å². The zero-order chi connectivity index (χ0) is 16.2. The Morgan fingerprint density at radius 3 is 2.64 bits per heavy atom. The summed E-state index contributed by atoms with van der Waals surface area (Å²) in [7, 11) is 0. The van der Waals surface area contributed by atoms with Crippen LogP contribution in [0.3, 0.4) is 0 Å². The van der Waals surface area contributed by atoms with Crippen LogP contribution < -0.4 is 4.74 Å². The van der Waals surface area contributed by atoms with Gasteiger partial charge in [0.1, 0.15) is 12.4 Å². The largest absolute Gasteiger partial charge is 0.492 e. The van der Waals surface area contributed by atoms with Crippen LogP contribution in [-0.4, -0.2) is 32.4 Å². The molecule has 0 spiro atoms. The van der Waals surface area contributed by atoms with Crippen LogP contribution in [0, 0.1) is 0 Å². The number of benzene rings is 1. The highest BCUT2D eigenvalue weighted by molar-refractivity contribution is 6.35. The van der Waals surface area contributed by atoms with Gasteiger partial charge in [0, 0.05) is 18.1 Å². The Morgan fingerprint density at radius 1 is 1.09 bits per heavy atom. The maximum atomic E-state index is 11.5. The lowest BCUT2D eigenvalue weighted by Gasteiger charge is -2.08. The third kappa shape index (κ3) is 8.47. The summed E-state index contributed by atoms with van der Waals surface area (Å²) >= 11 is 11.8. The monoisotopic (exact) mass is 348 g/mol. The Labute approximate surface area is 141 Å². The Hall–Kier alpha value is -0.970. The van der Waals surface area contributed by atoms with Crippen LogP contribution in [0.25, 0.3) is 0 Å². The molecule has 0 saturated carbocycles. The highest BCUT2D eigenvalue weighted by atomic mass is 35.5. The fraction of sp³-hybridized carbons (Fsp3) is 0.562. The molecule has 0 N–H and O–H groups in total. The van der Waals surface area contributed by atoms with Crippen LogP contribution in [-0.2, 0) is 14.3 Å². The molecule has 1 aromatic rings. The quantitative estimate of drug-likeness (QED) is 0.435. The van der Waals surface area contributed by atoms with E-state index in [1.165, 1.54) is 0 Å². The molecular weight excluding hydrogens is 327 g/mol. The van der Waals surface area contributed by atoms with E-state index < -0.39 is 0 Å². The summed E-state index contributed by atoms with van der Waals surface area (Å²) in [5.41, 5.74) is 0. The van der Waals surface area contributed by atoms with E-state index in [1.807, 2.05) is 0 Å². The lowest BCUT2D eigenvalue weighted by atomic mass is 10.3. The van der Waals surface area contributed by atoms with Crippen molar-refractivity contribution >= 4 is 29.2 Å². The Kier molecular flexibility index (Phi) is 10.0. The van der Waals surface area contributed by atoms with Gasteiger partial charge in [0.15, 0.2) is 0 Å². The summed E-state index contributed by atoms with van der Waals surface area (Å²) in [6.45, 7) is 3.95. The molecule has 0 unspecified atom stereocenters. The normalized spacial score (nSPS) is 10.5. The number of hydrogen-bond acceptors (Lipinski definition) is 4. The highest BCUT2D eigenvalue weighted by Crippen LogP contribution is 2.27. The van der Waals surface area contributed by atoms with Gasteiger partial charge in [0.2, 0.25) is 0 Å². The second-order valence-electron chi connectivity index (χ2n) is 4.71. The molecule has 0 atom stereocenters. The molecule has 0 saturated heterocycles. The fourth-order valence-electron chi connectivity index (χ4n) is 1.63. The molecule has 0 bridgehead atoms. The minimum Gasteiger partial charge on any atom is -0.492 e. The molecule has 0 fully saturated rings. The molecule has 0 radical (unpaired) electrons. The SMILES string of the molecule is CCCCOCCOC(=O)CCCOc1ccc(Cl)cc1Cl. The van der Waals surface area contributed by atoms with E-state index in [0.29, 0.717) is 55.1 Å². The minimum atomic E-state index is -0.245. The molecule has 0 amide bonds. The van der Waals surface area contributed by atoms with Crippen LogP contribution in [0.1, 0.15) is 32.6 Å². The summed E-state index contributed by atoms with van der Waals surface area (Å²) in [4.78, 5) is 11.5. The molecule has 0 aliphatic carbocycles. The Bertz CT molecular complexity index is 452. The summed E-state index contributed by atoms with van der Waals surface area (Å²) in [6.07, 6.45) is 2.99. The predicted molar refractivity (Wildman–Crippen MR) is 87.9 cm³/mol. The highest BCUT2D eigenvalue weighted by Gasteiger charge is 2.05. The van der Waals surface area contributed by atoms with Crippen molar-refractivity contribution in [2.45, 2.75) is 32.6 Å². The Morgan fingerprint density at radius 2 is 1.91 bits per heavy atom. The molecule has 0 aliphatic heterocycles. The third-order valence-electron chi connectivity index (χ3n) is 2.81. The van der Waals surface area contributed by atoms with Crippen LogP contribution in [0.2, 0.25) is 10.0 Å². The Balaban J connectivity index is 2.05. The van der Waals surface area contributed by atoms with Gasteiger partial charge >= 0.3 is 5.97 Å². The van der Waals surface area contributed by atoms with E-state index in [2.05, 4.69) is 6.92 Å². The van der Waals surface area contributed by atoms with Gasteiger partial charge in [0.05, 0.1) is 18.2 Å². The lowest BCUT2D eigenvalue weighted by Crippen LogP contribution is -2.12. The first-order chi connectivity index (χ1) is 10.6. The van der Waals surface area contributed by atoms with Crippen LogP contribution in [0.5, 0.6) is 5.75 Å². The second kappa shape index (κ2) is 11.6. The average Bonchev–Trinajstić information content (AvgIpc) is 2.49. The number of ether oxygens (including phenoxy) is 3. The van der Waals surface area contributed by atoms with Crippen molar-refractivity contribution in [3.63, 3.8) is 0 Å². The molecule has 4 nitrogen and oxygen atoms in total. The van der Waals surface area contributed by atoms with Gasteiger partial charge in [-0.05, 0) is 31.0 Å². The molecule has 0 heterocycles. The van der Waals surface area contributed by atoms with Gasteiger partial charge in [-0.25, -0.2) is 0 Å². The summed E-state index contributed by atoms with van der Waals surface area (Å²) < 4.78 is 15.8. The van der Waals surface area contributed by atoms with Crippen LogP contribution in [0.15, 0.2) is 18.2 Å². The molecule has 124 valence electrons. The van der Waals surface area contributed by atoms with Gasteiger partial charge in [-0.3, -0.25) is 4.79 Å². The summed E-state index contributed by atoms with van der Waals surface area (Å²) in [5.74, 6) is 0.314. The van der Waals surface area contributed by atoms with Crippen molar-refractivity contribution < 1.29 is 19.0 Å². The fourth-order valence-corrected chi connectivity index (χ4v) is 2.09. The molecule has 1 rings (SSSR count). The first-order valence-corrected chi connectivity index (χ1v) is 8.20. The van der Waals surface area contributed by atoms with E-state index in [4.69, 9.17) is 37.4 Å². The topological polar surface area (TPSA) is 44.8 Å². The number of rotatable bonds is 11. The van der Waals surface area contributed by atoms with Gasteiger partial charge < -0.3 is 14.2 Å². The van der Waals surface area contributed by atoms with Gasteiger partial charge in [-0.1, -0.05) is 36.5 Å². The molecule has 6 heteroatoms. The molecule has 22 heavy (non-hydrogen) atoms. The third-order valence-corrected chi connectivity index (χ3v) is 3.34. The van der Waals surface area contributed by atoms with Crippen molar-refractivity contribution in [2.75, 3.05) is 26.4 Å². The van der Waals surface area contributed by atoms with E-state index in [1.54, 1.807) is 18.2 Å². The zero-order valence-corrected chi connectivity index (χ0v) is 14.3. The van der Waals surface area contributed by atoms with Crippen molar-refractivity contribution in [1.82, 2.24) is 0 Å². The number of hydrogen-bond donors (Lipinski definition) is 0.